The van der Waals surface area contributed by atoms with E-state index in [0.717, 1.165) is 31.5 Å². The standard InChI is InChI=1S/C19H20N2O2/c22-18-16-11-5-6-12-17(16)19(23)21(18)14-8-2-7-13-20-15-9-3-1-4-10-15/h1,3-6,9-12,20H,2,7-8,13-14H2. The number of carbonyl (C=O) groups excluding carboxylic acids is 2. The third-order valence-corrected chi connectivity index (χ3v) is 4.04. The maximum Gasteiger partial charge on any atom is 0.261 e. The third kappa shape index (κ3) is 3.42. The first kappa shape index (κ1) is 15.3. The maximum absolute atomic E-state index is 12.2. The van der Waals surface area contributed by atoms with Gasteiger partial charge in [-0.05, 0) is 43.5 Å². The van der Waals surface area contributed by atoms with Crippen LogP contribution in [-0.2, 0) is 0 Å². The van der Waals surface area contributed by atoms with Crippen LogP contribution in [-0.4, -0.2) is 29.8 Å². The van der Waals surface area contributed by atoms with E-state index in [2.05, 4.69) is 5.32 Å². The number of nitrogens with zero attached hydrogens (tertiary/aromatic N) is 1. The minimum Gasteiger partial charge on any atom is -0.385 e. The molecule has 0 saturated heterocycles. The molecule has 0 aliphatic carbocycles. The van der Waals surface area contributed by atoms with Crippen molar-refractivity contribution in [2.45, 2.75) is 19.3 Å². The largest absolute Gasteiger partial charge is 0.385 e. The van der Waals surface area contributed by atoms with E-state index in [9.17, 15) is 9.59 Å². The number of unbranched alkanes of at least 4 members (excludes halogenated alkanes) is 2. The van der Waals surface area contributed by atoms with E-state index in [1.165, 1.54) is 4.90 Å². The Morgan fingerprint density at radius 2 is 1.35 bits per heavy atom. The van der Waals surface area contributed by atoms with Crippen LogP contribution >= 0.6 is 0 Å². The molecule has 0 saturated carbocycles. The molecular weight excluding hydrogens is 288 g/mol. The number of hydrogen-bond donors (Lipinski definition) is 1. The van der Waals surface area contributed by atoms with Crippen LogP contribution in [0.15, 0.2) is 54.6 Å². The zero-order valence-corrected chi connectivity index (χ0v) is 13.0. The quantitative estimate of drug-likeness (QED) is 0.628. The molecule has 0 spiro atoms. The van der Waals surface area contributed by atoms with Gasteiger partial charge in [-0.1, -0.05) is 30.3 Å². The number of hydrogen-bond acceptors (Lipinski definition) is 3. The fourth-order valence-corrected chi connectivity index (χ4v) is 2.80. The lowest BCUT2D eigenvalue weighted by atomic mass is 10.1. The van der Waals surface area contributed by atoms with Gasteiger partial charge in [-0.25, -0.2) is 0 Å². The van der Waals surface area contributed by atoms with Crippen molar-refractivity contribution in [3.05, 3.63) is 65.7 Å². The van der Waals surface area contributed by atoms with E-state index < -0.39 is 0 Å². The lowest BCUT2D eigenvalue weighted by Gasteiger charge is -2.13. The number of nitrogens with one attached hydrogen (secondary N) is 1. The van der Waals surface area contributed by atoms with Gasteiger partial charge < -0.3 is 5.32 Å². The summed E-state index contributed by atoms with van der Waals surface area (Å²) in [4.78, 5) is 25.8. The van der Waals surface area contributed by atoms with Crippen LogP contribution < -0.4 is 5.32 Å². The highest BCUT2D eigenvalue weighted by Gasteiger charge is 2.34. The Morgan fingerprint density at radius 1 is 0.739 bits per heavy atom. The minimum absolute atomic E-state index is 0.159. The van der Waals surface area contributed by atoms with Crippen molar-refractivity contribution in [2.75, 3.05) is 18.4 Å². The molecular formula is C19H20N2O2. The van der Waals surface area contributed by atoms with Crippen molar-refractivity contribution in [3.63, 3.8) is 0 Å². The molecule has 2 aromatic rings. The summed E-state index contributed by atoms with van der Waals surface area (Å²) in [6.07, 6.45) is 2.83. The molecule has 23 heavy (non-hydrogen) atoms. The van der Waals surface area contributed by atoms with E-state index in [1.807, 2.05) is 30.3 Å². The Balaban J connectivity index is 1.40. The summed E-state index contributed by atoms with van der Waals surface area (Å²) in [5.41, 5.74) is 2.18. The van der Waals surface area contributed by atoms with Crippen molar-refractivity contribution < 1.29 is 9.59 Å². The number of rotatable bonds is 7. The Bertz CT molecular complexity index is 663. The van der Waals surface area contributed by atoms with Gasteiger partial charge in [0.25, 0.3) is 11.8 Å². The molecule has 0 bridgehead atoms. The molecule has 2 aromatic carbocycles. The average Bonchev–Trinajstić information content (AvgIpc) is 2.84. The molecule has 0 unspecified atom stereocenters. The molecule has 0 radical (unpaired) electrons. The van der Waals surface area contributed by atoms with Gasteiger partial charge in [-0.3, -0.25) is 14.5 Å². The predicted molar refractivity (Wildman–Crippen MR) is 90.6 cm³/mol. The normalized spacial score (nSPS) is 13.3. The van der Waals surface area contributed by atoms with E-state index in [4.69, 9.17) is 0 Å². The van der Waals surface area contributed by atoms with Gasteiger partial charge in [-0.15, -0.1) is 0 Å². The van der Waals surface area contributed by atoms with Crippen LogP contribution in [0, 0.1) is 0 Å². The van der Waals surface area contributed by atoms with Crippen LogP contribution in [0.5, 0.6) is 0 Å². The van der Waals surface area contributed by atoms with Gasteiger partial charge in [0.1, 0.15) is 0 Å². The number of benzene rings is 2. The first-order valence-corrected chi connectivity index (χ1v) is 8.01. The third-order valence-electron chi connectivity index (χ3n) is 4.04. The van der Waals surface area contributed by atoms with Gasteiger partial charge in [0, 0.05) is 18.8 Å². The summed E-state index contributed by atoms with van der Waals surface area (Å²) < 4.78 is 0. The van der Waals surface area contributed by atoms with Crippen LogP contribution in [0.3, 0.4) is 0 Å². The van der Waals surface area contributed by atoms with Gasteiger partial charge >= 0.3 is 0 Å². The summed E-state index contributed by atoms with van der Waals surface area (Å²) in [7, 11) is 0. The second kappa shape index (κ2) is 7.09. The van der Waals surface area contributed by atoms with Crippen molar-refractivity contribution >= 4 is 17.5 Å². The Labute approximate surface area is 136 Å². The molecule has 0 atom stereocenters. The highest BCUT2D eigenvalue weighted by molar-refractivity contribution is 6.21. The zero-order valence-electron chi connectivity index (χ0n) is 13.0. The number of amides is 2. The molecule has 4 nitrogen and oxygen atoms in total. The minimum atomic E-state index is -0.159. The fourth-order valence-electron chi connectivity index (χ4n) is 2.80. The van der Waals surface area contributed by atoms with Crippen LogP contribution in [0.4, 0.5) is 5.69 Å². The van der Waals surface area contributed by atoms with E-state index >= 15 is 0 Å². The molecule has 0 aromatic heterocycles. The second-order valence-electron chi connectivity index (χ2n) is 5.66. The molecule has 1 aliphatic rings. The average molecular weight is 308 g/mol. The summed E-state index contributed by atoms with van der Waals surface area (Å²) in [5, 5.41) is 3.36. The number of imide groups is 1. The molecule has 118 valence electrons. The van der Waals surface area contributed by atoms with E-state index in [-0.39, 0.29) is 11.8 Å². The smallest absolute Gasteiger partial charge is 0.261 e. The van der Waals surface area contributed by atoms with Gasteiger partial charge in [-0.2, -0.15) is 0 Å². The number of para-hydroxylation sites is 1. The lowest BCUT2D eigenvalue weighted by molar-refractivity contribution is 0.0651. The first-order chi connectivity index (χ1) is 11.3. The summed E-state index contributed by atoms with van der Waals surface area (Å²) >= 11 is 0. The van der Waals surface area contributed by atoms with E-state index in [0.29, 0.717) is 17.7 Å². The molecule has 2 amide bonds. The van der Waals surface area contributed by atoms with E-state index in [1.54, 1.807) is 24.3 Å². The van der Waals surface area contributed by atoms with Gasteiger partial charge in [0.05, 0.1) is 11.1 Å². The Kier molecular flexibility index (Phi) is 4.71. The first-order valence-electron chi connectivity index (χ1n) is 8.01. The van der Waals surface area contributed by atoms with Crippen LogP contribution in [0.2, 0.25) is 0 Å². The molecule has 3 rings (SSSR count). The van der Waals surface area contributed by atoms with Crippen molar-refractivity contribution in [1.29, 1.82) is 0 Å². The van der Waals surface area contributed by atoms with Gasteiger partial charge in [0.2, 0.25) is 0 Å². The topological polar surface area (TPSA) is 49.4 Å². The number of anilines is 1. The van der Waals surface area contributed by atoms with Crippen LogP contribution in [0.25, 0.3) is 0 Å². The molecule has 0 fully saturated rings. The SMILES string of the molecule is O=C1c2ccccc2C(=O)N1CCCCCNc1ccccc1. The Hall–Kier alpha value is -2.62. The summed E-state index contributed by atoms with van der Waals surface area (Å²) in [6.45, 7) is 1.39. The highest BCUT2D eigenvalue weighted by Crippen LogP contribution is 2.22. The maximum atomic E-state index is 12.2. The molecule has 1 heterocycles. The number of fused-ring (bicyclic) bond motifs is 1. The zero-order chi connectivity index (χ0) is 16.1. The monoisotopic (exact) mass is 308 g/mol. The Morgan fingerprint density at radius 3 is 2.00 bits per heavy atom. The molecule has 1 aliphatic heterocycles. The number of carbonyl (C=O) groups is 2. The summed E-state index contributed by atoms with van der Waals surface area (Å²) in [5.74, 6) is -0.318. The van der Waals surface area contributed by atoms with Crippen LogP contribution in [0.1, 0.15) is 40.0 Å². The van der Waals surface area contributed by atoms with Gasteiger partial charge in [0.15, 0.2) is 0 Å². The van der Waals surface area contributed by atoms with Crippen molar-refractivity contribution in [1.82, 2.24) is 4.90 Å². The van der Waals surface area contributed by atoms with Crippen molar-refractivity contribution in [2.24, 2.45) is 0 Å². The molecule has 1 N–H and O–H groups in total. The second-order valence-corrected chi connectivity index (χ2v) is 5.66. The fraction of sp³-hybridized carbons (Fsp3) is 0.263. The lowest BCUT2D eigenvalue weighted by Crippen LogP contribution is -2.30. The summed E-state index contributed by atoms with van der Waals surface area (Å²) in [6, 6.07) is 17.1. The predicted octanol–water partition coefficient (Wildman–Crippen LogP) is 3.57. The molecule has 4 heteroatoms. The highest BCUT2D eigenvalue weighted by atomic mass is 16.2. The van der Waals surface area contributed by atoms with Crippen molar-refractivity contribution in [3.8, 4) is 0 Å².